The normalized spacial score (nSPS) is 17.5. The minimum Gasteiger partial charge on any atom is -0.495 e. The largest absolute Gasteiger partial charge is 0.495 e. The molecule has 0 spiro atoms. The highest BCUT2D eigenvalue weighted by Crippen LogP contribution is 2.48. The van der Waals surface area contributed by atoms with Gasteiger partial charge >= 0.3 is 12.1 Å². The highest BCUT2D eigenvalue weighted by atomic mass is 35.5. The Morgan fingerprint density at radius 3 is 1.58 bits per heavy atom. The van der Waals surface area contributed by atoms with Gasteiger partial charge < -0.3 is 94.9 Å². The van der Waals surface area contributed by atoms with Crippen molar-refractivity contribution in [3.8, 4) is 11.5 Å². The SMILES string of the molecule is COc1cc(N2CCC(N3CCN(C(=O)NC(C)C)CC3)CC2)ccc1Nc1ncc(Cl)c(Nc2ccccc2P(C)(C)=O)n1.COc1cc(P2(=O)CCN(C(=O)N(C)C)CC2)ccc1Nc1ncc(Cl)c(Nc2ccccc2S(=O)(=O)C(C)C)n1.Cc1cc(N2CCC(N3CCOCC3)CC2)ccc1NC1N=CC(Cl)=C(Nc2ccccc2P(C)(C)=O)N1. The molecule has 14 rings (SSSR count). The molecule has 2 aromatic heterocycles. The van der Waals surface area contributed by atoms with Gasteiger partial charge in [-0.2, -0.15) is 9.97 Å². The maximum absolute atomic E-state index is 13.8. The number of sulfone groups is 1. The predicted molar refractivity (Wildman–Crippen MR) is 507 cm³/mol. The van der Waals surface area contributed by atoms with E-state index >= 15 is 0 Å². The van der Waals surface area contributed by atoms with Gasteiger partial charge in [0.25, 0.3) is 0 Å². The number of halogens is 3. The second kappa shape index (κ2) is 41.8. The third-order valence-corrected chi connectivity index (χ3v) is 31.8. The number of anilines is 12. The number of morpholine rings is 1. The molecule has 8 aromatic rings. The van der Waals surface area contributed by atoms with Crippen LogP contribution in [0.3, 0.4) is 0 Å². The highest BCUT2D eigenvalue weighted by molar-refractivity contribution is 7.92. The Hall–Kier alpha value is -9.38. The molecule has 0 bridgehead atoms. The number of piperazine rings is 1. The van der Waals surface area contributed by atoms with E-state index in [2.05, 4.69) is 118 Å². The number of amides is 4. The van der Waals surface area contributed by atoms with Gasteiger partial charge in [0, 0.05) is 168 Å². The van der Waals surface area contributed by atoms with Crippen LogP contribution in [0.4, 0.5) is 78.6 Å². The topological polar surface area (TPSA) is 330 Å². The lowest BCUT2D eigenvalue weighted by Gasteiger charge is -2.43. The Balaban J connectivity index is 0.000000170. The van der Waals surface area contributed by atoms with E-state index in [0.29, 0.717) is 99.0 Å². The lowest BCUT2D eigenvalue weighted by molar-refractivity contribution is 0.0115. The molecule has 1 atom stereocenters. The van der Waals surface area contributed by atoms with Crippen molar-refractivity contribution in [3.05, 3.63) is 166 Å². The third kappa shape index (κ3) is 24.0. The number of allylic oxidation sites excluding steroid dienone is 1. The first kappa shape index (κ1) is 93.8. The fraction of sp³-hybridized carbons (Fsp3) is 0.437. The second-order valence-corrected chi connectivity index (χ2v) is 46.2. The summed E-state index contributed by atoms with van der Waals surface area (Å²) in [6, 6.07) is 40.9. The van der Waals surface area contributed by atoms with Gasteiger partial charge in [-0.1, -0.05) is 71.2 Å². The fourth-order valence-electron chi connectivity index (χ4n) is 15.7. The van der Waals surface area contributed by atoms with Gasteiger partial charge in [-0.25, -0.2) is 33.0 Å². The fourth-order valence-corrected chi connectivity index (χ4v) is 22.2. The Bertz CT molecular complexity index is 5410. The third-order valence-electron chi connectivity index (χ3n) is 22.6. The molecule has 124 heavy (non-hydrogen) atoms. The van der Waals surface area contributed by atoms with E-state index in [0.717, 1.165) is 130 Å². The number of aromatic nitrogens is 4. The number of aliphatic imine (C=N–C) groups is 1. The molecular weight excluding hydrogens is 1720 g/mol. The number of para-hydroxylation sites is 3. The summed E-state index contributed by atoms with van der Waals surface area (Å²) in [6.45, 7) is 28.5. The smallest absolute Gasteiger partial charge is 0.319 e. The summed E-state index contributed by atoms with van der Waals surface area (Å²) >= 11 is 19.3. The average molecular weight is 1830 g/mol. The van der Waals surface area contributed by atoms with Crippen molar-refractivity contribution in [2.75, 3.05) is 201 Å². The molecular formula is C87H116Cl3N20O10P3S. The molecule has 8 N–H and O–H groups in total. The highest BCUT2D eigenvalue weighted by Gasteiger charge is 2.36. The molecule has 0 aliphatic carbocycles. The number of methoxy groups -OCH3 is 2. The zero-order chi connectivity index (χ0) is 88.8. The van der Waals surface area contributed by atoms with Gasteiger partial charge in [-0.05, 0) is 177 Å². The molecule has 6 aromatic carbocycles. The molecule has 6 aliphatic heterocycles. The number of urea groups is 2. The Morgan fingerprint density at radius 1 is 0.581 bits per heavy atom. The second-order valence-electron chi connectivity index (χ2n) is 32.9. The predicted octanol–water partition coefficient (Wildman–Crippen LogP) is 14.8. The first-order valence-electron chi connectivity index (χ1n) is 41.8. The summed E-state index contributed by atoms with van der Waals surface area (Å²) < 4.78 is 82.0. The monoisotopic (exact) mass is 1830 g/mol. The molecule has 0 radical (unpaired) electrons. The molecule has 4 amide bonds. The Labute approximate surface area is 743 Å². The average Bonchev–Trinajstić information content (AvgIpc) is 0.782. The number of benzene rings is 6. The molecule has 1 unspecified atom stereocenters. The van der Waals surface area contributed by atoms with Crippen LogP contribution < -0.4 is 77.7 Å². The number of ether oxygens (including phenoxy) is 3. The van der Waals surface area contributed by atoms with Crippen molar-refractivity contribution in [2.24, 2.45) is 4.99 Å². The summed E-state index contributed by atoms with van der Waals surface area (Å²) in [6.07, 6.45) is 9.50. The molecule has 0 saturated carbocycles. The molecule has 5 fully saturated rings. The van der Waals surface area contributed by atoms with Gasteiger partial charge in [0.2, 0.25) is 11.9 Å². The van der Waals surface area contributed by atoms with Crippen LogP contribution in [0.15, 0.2) is 161 Å². The lowest BCUT2D eigenvalue weighted by atomic mass is 10.0. The standard InChI is InChI=1S/C32H44ClN8O3P.C28H38ClN6O2P.C27H34ClN6O5PS/c1-22(2)35-32(42)41-18-16-40(17-19-41)23-12-14-39(15-13-23)24-10-11-26(28(20-24)44-3)37-31-34-21-25(33)30(38-31)36-27-8-6-7-9-29(27)45(4,5)43;1-20-18-22(34-12-10-21(11-13-34)35-14-16-37-17-15-35)8-9-24(20)32-28-30-19-23(29)27(33-28)31-25-6-4-5-7-26(25)38(2,3)36;1-18(2)41(37,38)24-9-7-6-8-22(24)30-25-20(28)17-29-26(32-25)31-21-11-10-19(16-23(21)39-5)40(36)14-12-34(13-15-40)27(35)33(3)4/h6-11,20-23H,12-19H2,1-5H3,(H,35,42)(H2,34,36,37,38);4-9,18-19,21,28,31-33H,10-17H2,1-3H3;6-11,16-18H,12-15H2,1-5H3,(H2,29,30,31,32). The van der Waals surface area contributed by atoms with E-state index < -0.39 is 42.8 Å². The Kier molecular flexibility index (Phi) is 31.6. The summed E-state index contributed by atoms with van der Waals surface area (Å²) in [4.78, 5) is 62.2. The summed E-state index contributed by atoms with van der Waals surface area (Å²) in [5.41, 5.74) is 7.62. The minimum absolute atomic E-state index is 0.0397. The maximum atomic E-state index is 13.8. The summed E-state index contributed by atoms with van der Waals surface area (Å²) in [7, 11) is -4.71. The molecule has 30 nitrogen and oxygen atoms in total. The number of hydrogen-bond donors (Lipinski definition) is 8. The van der Waals surface area contributed by atoms with E-state index in [4.69, 9.17) is 49.0 Å². The molecule has 666 valence electrons. The number of carbonyl (C=O) groups excluding carboxylic acids is 2. The van der Waals surface area contributed by atoms with Crippen molar-refractivity contribution in [1.82, 2.24) is 55.1 Å². The number of nitrogens with zero attached hydrogens (tertiary/aromatic N) is 12. The quantitative estimate of drug-likeness (QED) is 0.0261. The number of rotatable bonds is 24. The van der Waals surface area contributed by atoms with Gasteiger partial charge in [0.05, 0.1) is 83.4 Å². The molecule has 8 heterocycles. The van der Waals surface area contributed by atoms with Crippen molar-refractivity contribution < 1.29 is 45.9 Å². The summed E-state index contributed by atoms with van der Waals surface area (Å²) in [5.74, 6) is 2.92. The first-order valence-corrected chi connectivity index (χ1v) is 51.7. The van der Waals surface area contributed by atoms with Crippen molar-refractivity contribution in [3.63, 3.8) is 0 Å². The van der Waals surface area contributed by atoms with Crippen LogP contribution >= 0.6 is 56.2 Å². The number of piperidine rings is 2. The Morgan fingerprint density at radius 2 is 1.06 bits per heavy atom. The van der Waals surface area contributed by atoms with E-state index in [9.17, 15) is 31.7 Å². The molecule has 5 saturated heterocycles. The van der Waals surface area contributed by atoms with E-state index in [1.54, 1.807) is 109 Å². The zero-order valence-corrected chi connectivity index (χ0v) is 78.5. The van der Waals surface area contributed by atoms with Crippen LogP contribution in [-0.4, -0.2) is 260 Å². The molecule has 37 heteroatoms. The van der Waals surface area contributed by atoms with Gasteiger partial charge in [-0.3, -0.25) is 9.80 Å². The van der Waals surface area contributed by atoms with Crippen molar-refractivity contribution in [2.45, 2.75) is 94.9 Å². The first-order chi connectivity index (χ1) is 59.1. The number of hydrogen-bond acceptors (Lipinski definition) is 26. The number of carbonyl (C=O) groups is 2. The van der Waals surface area contributed by atoms with Crippen LogP contribution in [0.5, 0.6) is 11.5 Å². The van der Waals surface area contributed by atoms with Crippen LogP contribution in [0.2, 0.25) is 10.0 Å². The van der Waals surface area contributed by atoms with Crippen LogP contribution in [-0.2, 0) is 28.3 Å². The minimum atomic E-state index is -3.56. The van der Waals surface area contributed by atoms with Crippen molar-refractivity contribution >= 4 is 169 Å². The number of nitrogens with one attached hydrogen (secondary N) is 8. The van der Waals surface area contributed by atoms with Gasteiger partial charge in [0.1, 0.15) is 48.8 Å². The summed E-state index contributed by atoms with van der Waals surface area (Å²) in [5, 5.41) is 28.4. The van der Waals surface area contributed by atoms with Crippen LogP contribution in [0, 0.1) is 6.92 Å². The van der Waals surface area contributed by atoms with E-state index in [1.165, 1.54) is 49.0 Å². The number of aryl methyl sites for hydroxylation is 1. The lowest BCUT2D eigenvalue weighted by Crippen LogP contribution is -2.56. The van der Waals surface area contributed by atoms with Gasteiger partial charge in [-0.15, -0.1) is 0 Å². The van der Waals surface area contributed by atoms with Gasteiger partial charge in [0.15, 0.2) is 27.8 Å². The van der Waals surface area contributed by atoms with E-state index in [-0.39, 0.29) is 39.8 Å². The van der Waals surface area contributed by atoms with Crippen molar-refractivity contribution in [1.29, 1.82) is 0 Å². The van der Waals surface area contributed by atoms with Crippen LogP contribution in [0.25, 0.3) is 0 Å². The van der Waals surface area contributed by atoms with Crippen LogP contribution in [0.1, 0.15) is 58.9 Å². The maximum Gasteiger partial charge on any atom is 0.319 e. The molecule has 6 aliphatic rings. The zero-order valence-electron chi connectivity index (χ0n) is 72.7. The van der Waals surface area contributed by atoms with E-state index in [1.807, 2.05) is 79.4 Å².